The van der Waals surface area contributed by atoms with Crippen LogP contribution in [0.1, 0.15) is 27.7 Å². The van der Waals surface area contributed by atoms with Gasteiger partial charge in [0.25, 0.3) is 0 Å². The van der Waals surface area contributed by atoms with E-state index in [0.717, 1.165) is 5.47 Å². The first-order valence-corrected chi connectivity index (χ1v) is 4.62. The molecule has 0 aliphatic carbocycles. The van der Waals surface area contributed by atoms with Crippen LogP contribution in [0.4, 0.5) is 0 Å². The molecule has 0 N–H and O–H groups in total. The standard InChI is InChI=1S/C10H17BO2/c1-6-7-8(2)11-12-9(3)10(4,5)13-11/h6-7,9H,2H2,1,3-5H3. The summed E-state index contributed by atoms with van der Waals surface area (Å²) in [4.78, 5) is 0. The van der Waals surface area contributed by atoms with Gasteiger partial charge < -0.3 is 9.31 Å². The molecule has 72 valence electrons. The van der Waals surface area contributed by atoms with Crippen LogP contribution in [-0.4, -0.2) is 18.8 Å². The summed E-state index contributed by atoms with van der Waals surface area (Å²) in [5.74, 6) is 0. The molecule has 0 spiro atoms. The summed E-state index contributed by atoms with van der Waals surface area (Å²) in [6.45, 7) is 11.9. The molecule has 1 fully saturated rings. The zero-order chi connectivity index (χ0) is 10.1. The van der Waals surface area contributed by atoms with Crippen LogP contribution in [0.15, 0.2) is 24.2 Å². The van der Waals surface area contributed by atoms with Crippen molar-refractivity contribution < 1.29 is 9.31 Å². The second-order valence-electron chi connectivity index (χ2n) is 3.91. The average molecular weight is 180 g/mol. The number of hydrogen-bond acceptors (Lipinski definition) is 2. The van der Waals surface area contributed by atoms with Crippen LogP contribution < -0.4 is 0 Å². The van der Waals surface area contributed by atoms with Gasteiger partial charge in [0.1, 0.15) is 0 Å². The van der Waals surface area contributed by atoms with E-state index in [1.54, 1.807) is 0 Å². The van der Waals surface area contributed by atoms with Gasteiger partial charge in [0.15, 0.2) is 0 Å². The Morgan fingerprint density at radius 1 is 1.54 bits per heavy atom. The summed E-state index contributed by atoms with van der Waals surface area (Å²) < 4.78 is 11.3. The number of allylic oxidation sites excluding steroid dienone is 3. The highest BCUT2D eigenvalue weighted by molar-refractivity contribution is 6.55. The van der Waals surface area contributed by atoms with E-state index in [1.807, 2.05) is 39.8 Å². The molecule has 0 saturated carbocycles. The van der Waals surface area contributed by atoms with Crippen molar-refractivity contribution in [3.05, 3.63) is 24.2 Å². The molecule has 1 heterocycles. The molecule has 0 aromatic carbocycles. The minimum absolute atomic E-state index is 0.111. The first-order chi connectivity index (χ1) is 5.97. The van der Waals surface area contributed by atoms with Gasteiger partial charge in [-0.2, -0.15) is 0 Å². The van der Waals surface area contributed by atoms with Gasteiger partial charge in [-0.15, -0.1) is 0 Å². The van der Waals surface area contributed by atoms with Crippen molar-refractivity contribution in [1.29, 1.82) is 0 Å². The maximum absolute atomic E-state index is 5.70. The fourth-order valence-electron chi connectivity index (χ4n) is 1.20. The van der Waals surface area contributed by atoms with Gasteiger partial charge in [-0.25, -0.2) is 0 Å². The Bertz CT molecular complexity index is 233. The second kappa shape index (κ2) is 3.68. The van der Waals surface area contributed by atoms with Crippen LogP contribution in [0.5, 0.6) is 0 Å². The van der Waals surface area contributed by atoms with E-state index < -0.39 is 0 Å². The van der Waals surface area contributed by atoms with E-state index in [1.165, 1.54) is 0 Å². The fraction of sp³-hybridized carbons (Fsp3) is 0.600. The first kappa shape index (κ1) is 10.5. The average Bonchev–Trinajstić information content (AvgIpc) is 2.27. The Kier molecular flexibility index (Phi) is 2.99. The fourth-order valence-corrected chi connectivity index (χ4v) is 1.20. The molecule has 1 aliphatic rings. The van der Waals surface area contributed by atoms with Gasteiger partial charge in [-0.3, -0.25) is 0 Å². The quantitative estimate of drug-likeness (QED) is 0.479. The molecular formula is C10H17BO2. The van der Waals surface area contributed by atoms with Crippen LogP contribution in [0, 0.1) is 0 Å². The Hall–Kier alpha value is -0.535. The van der Waals surface area contributed by atoms with Gasteiger partial charge in [0.05, 0.1) is 11.7 Å². The summed E-state index contributed by atoms with van der Waals surface area (Å²) in [5.41, 5.74) is 0.662. The highest BCUT2D eigenvalue weighted by Gasteiger charge is 2.43. The lowest BCUT2D eigenvalue weighted by molar-refractivity contribution is 0.0842. The maximum atomic E-state index is 5.70. The lowest BCUT2D eigenvalue weighted by Crippen LogP contribution is -2.30. The molecule has 0 amide bonds. The third kappa shape index (κ3) is 2.23. The van der Waals surface area contributed by atoms with Crippen molar-refractivity contribution in [1.82, 2.24) is 0 Å². The smallest absolute Gasteiger partial charge is 0.402 e. The molecule has 0 radical (unpaired) electrons. The molecular weight excluding hydrogens is 163 g/mol. The molecule has 1 rings (SSSR count). The highest BCUT2D eigenvalue weighted by Crippen LogP contribution is 2.29. The van der Waals surface area contributed by atoms with Crippen LogP contribution in [-0.2, 0) is 9.31 Å². The Morgan fingerprint density at radius 3 is 2.54 bits per heavy atom. The van der Waals surface area contributed by atoms with Gasteiger partial charge in [-0.05, 0) is 33.2 Å². The van der Waals surface area contributed by atoms with E-state index in [-0.39, 0.29) is 18.8 Å². The summed E-state index contributed by atoms with van der Waals surface area (Å²) in [6.07, 6.45) is 3.96. The molecule has 0 aromatic heterocycles. The summed E-state index contributed by atoms with van der Waals surface area (Å²) in [6, 6.07) is 0. The van der Waals surface area contributed by atoms with Crippen LogP contribution in [0.3, 0.4) is 0 Å². The van der Waals surface area contributed by atoms with Crippen LogP contribution in [0.25, 0.3) is 0 Å². The largest absolute Gasteiger partial charge is 0.494 e. The van der Waals surface area contributed by atoms with Gasteiger partial charge in [0, 0.05) is 0 Å². The summed E-state index contributed by atoms with van der Waals surface area (Å²) in [5, 5.41) is 0. The van der Waals surface area contributed by atoms with E-state index in [9.17, 15) is 0 Å². The van der Waals surface area contributed by atoms with Crippen molar-refractivity contribution in [2.45, 2.75) is 39.4 Å². The molecule has 13 heavy (non-hydrogen) atoms. The minimum Gasteiger partial charge on any atom is -0.402 e. The number of hydrogen-bond donors (Lipinski definition) is 0. The molecule has 2 nitrogen and oxygen atoms in total. The lowest BCUT2D eigenvalue weighted by Gasteiger charge is -2.21. The van der Waals surface area contributed by atoms with E-state index in [0.29, 0.717) is 0 Å². The molecule has 0 aromatic rings. The van der Waals surface area contributed by atoms with Crippen molar-refractivity contribution in [3.63, 3.8) is 0 Å². The van der Waals surface area contributed by atoms with Crippen molar-refractivity contribution >= 4 is 7.12 Å². The third-order valence-electron chi connectivity index (χ3n) is 2.40. The normalized spacial score (nSPS) is 27.1. The molecule has 1 atom stereocenters. The number of rotatable bonds is 2. The molecule has 1 unspecified atom stereocenters. The monoisotopic (exact) mass is 180 g/mol. The van der Waals surface area contributed by atoms with Crippen molar-refractivity contribution in [2.75, 3.05) is 0 Å². The SMILES string of the molecule is C=C(C=CC)B1OC(C)C(C)(C)O1. The van der Waals surface area contributed by atoms with Gasteiger partial charge >= 0.3 is 7.12 Å². The lowest BCUT2D eigenvalue weighted by atomic mass is 9.79. The Balaban J connectivity index is 2.64. The highest BCUT2D eigenvalue weighted by atomic mass is 16.7. The molecule has 0 bridgehead atoms. The van der Waals surface area contributed by atoms with E-state index >= 15 is 0 Å². The van der Waals surface area contributed by atoms with Crippen molar-refractivity contribution in [3.8, 4) is 0 Å². The molecule has 3 heteroatoms. The third-order valence-corrected chi connectivity index (χ3v) is 2.40. The van der Waals surface area contributed by atoms with E-state index in [2.05, 4.69) is 6.58 Å². The zero-order valence-electron chi connectivity index (χ0n) is 8.83. The topological polar surface area (TPSA) is 18.5 Å². The second-order valence-corrected chi connectivity index (χ2v) is 3.91. The predicted octanol–water partition coefficient (Wildman–Crippen LogP) is 2.36. The first-order valence-electron chi connectivity index (χ1n) is 4.62. The van der Waals surface area contributed by atoms with Gasteiger partial charge in [-0.1, -0.05) is 18.7 Å². The zero-order valence-corrected chi connectivity index (χ0v) is 8.83. The molecule has 1 saturated heterocycles. The predicted molar refractivity (Wildman–Crippen MR) is 55.4 cm³/mol. The van der Waals surface area contributed by atoms with Crippen LogP contribution in [0.2, 0.25) is 0 Å². The maximum Gasteiger partial charge on any atom is 0.494 e. The van der Waals surface area contributed by atoms with Crippen LogP contribution >= 0.6 is 0 Å². The summed E-state index contributed by atoms with van der Waals surface area (Å²) >= 11 is 0. The minimum atomic E-state index is -0.277. The Labute approximate surface area is 80.8 Å². The van der Waals surface area contributed by atoms with E-state index in [4.69, 9.17) is 9.31 Å². The summed E-state index contributed by atoms with van der Waals surface area (Å²) in [7, 11) is -0.277. The molecule has 1 aliphatic heterocycles. The Morgan fingerprint density at radius 2 is 2.15 bits per heavy atom. The van der Waals surface area contributed by atoms with Gasteiger partial charge in [0.2, 0.25) is 0 Å². The van der Waals surface area contributed by atoms with Crippen molar-refractivity contribution in [2.24, 2.45) is 0 Å².